The van der Waals surface area contributed by atoms with Crippen LogP contribution in [0.3, 0.4) is 0 Å². The zero-order valence-electron chi connectivity index (χ0n) is 17.4. The van der Waals surface area contributed by atoms with Crippen molar-refractivity contribution in [1.29, 1.82) is 0 Å². The van der Waals surface area contributed by atoms with Crippen molar-refractivity contribution >= 4 is 17.9 Å². The molecule has 6 heteroatoms. The summed E-state index contributed by atoms with van der Waals surface area (Å²) in [6, 6.07) is 14.2. The highest BCUT2D eigenvalue weighted by Gasteiger charge is 2.67. The van der Waals surface area contributed by atoms with Crippen LogP contribution in [0.2, 0.25) is 0 Å². The summed E-state index contributed by atoms with van der Waals surface area (Å²) in [7, 11) is 2.86. The molecule has 1 unspecified atom stereocenters. The number of amides is 1. The van der Waals surface area contributed by atoms with Crippen molar-refractivity contribution in [2.24, 2.45) is 0 Å². The number of hydrogen-bond acceptors (Lipinski definition) is 5. The first kappa shape index (κ1) is 21.0. The number of fused-ring (bicyclic) bond motifs is 1. The third-order valence-electron chi connectivity index (χ3n) is 4.99. The molecule has 154 valence electrons. The molecule has 1 aliphatic rings. The maximum Gasteiger partial charge on any atom is 0.417 e. The van der Waals surface area contributed by atoms with Gasteiger partial charge in [-0.3, -0.25) is 0 Å². The number of anilines is 1. The molecule has 29 heavy (non-hydrogen) atoms. The van der Waals surface area contributed by atoms with Gasteiger partial charge >= 0.3 is 6.09 Å². The van der Waals surface area contributed by atoms with Gasteiger partial charge in [0.15, 0.2) is 0 Å². The fraction of sp³-hybridized carbons (Fsp3) is 0.348. The van der Waals surface area contributed by atoms with E-state index in [4.69, 9.17) is 14.2 Å². The van der Waals surface area contributed by atoms with Gasteiger partial charge in [-0.2, -0.15) is 0 Å². The minimum atomic E-state index is -2.05. The van der Waals surface area contributed by atoms with Crippen LogP contribution in [0.15, 0.2) is 55.1 Å². The summed E-state index contributed by atoms with van der Waals surface area (Å²) in [5, 5.41) is 12.3. The van der Waals surface area contributed by atoms with Crippen molar-refractivity contribution in [1.82, 2.24) is 0 Å². The Morgan fingerprint density at radius 1 is 1.03 bits per heavy atom. The molecule has 2 aromatic carbocycles. The second-order valence-electron chi connectivity index (χ2n) is 7.82. The standard InChI is InChI=1S/C23H27NO5/c1-7-16-12-8-9-13-17(16)22(26)23(27-5,28-6)18-14-10-11-15-19(18)24(22)20(25)29-21(2,3)4/h7-15,26H,1H2,2-6H3. The molecule has 1 amide bonds. The van der Waals surface area contributed by atoms with Crippen LogP contribution in [-0.4, -0.2) is 31.0 Å². The van der Waals surface area contributed by atoms with E-state index in [1.54, 1.807) is 69.3 Å². The molecule has 0 saturated carbocycles. The molecule has 0 saturated heterocycles. The number of para-hydroxylation sites is 1. The van der Waals surface area contributed by atoms with Gasteiger partial charge in [-0.15, -0.1) is 0 Å². The Morgan fingerprint density at radius 3 is 2.14 bits per heavy atom. The van der Waals surface area contributed by atoms with E-state index in [1.165, 1.54) is 19.1 Å². The minimum Gasteiger partial charge on any atom is -0.443 e. The van der Waals surface area contributed by atoms with Gasteiger partial charge in [0.05, 0.1) is 5.69 Å². The number of benzene rings is 2. The third-order valence-corrected chi connectivity index (χ3v) is 4.99. The molecule has 0 bridgehead atoms. The Morgan fingerprint density at radius 2 is 1.59 bits per heavy atom. The fourth-order valence-corrected chi connectivity index (χ4v) is 3.87. The van der Waals surface area contributed by atoms with E-state index in [0.29, 0.717) is 22.4 Å². The van der Waals surface area contributed by atoms with Crippen LogP contribution in [0.4, 0.5) is 10.5 Å². The first-order chi connectivity index (χ1) is 13.7. The van der Waals surface area contributed by atoms with Crippen LogP contribution < -0.4 is 4.90 Å². The number of methoxy groups -OCH3 is 2. The van der Waals surface area contributed by atoms with Crippen molar-refractivity contribution in [3.63, 3.8) is 0 Å². The quantitative estimate of drug-likeness (QED) is 0.776. The SMILES string of the molecule is C=Cc1ccccc1C1(O)N(C(=O)OC(C)(C)C)c2ccccc2C1(OC)OC. The second kappa shape index (κ2) is 7.30. The molecule has 0 spiro atoms. The van der Waals surface area contributed by atoms with Crippen molar-refractivity contribution in [3.05, 3.63) is 71.8 Å². The molecule has 2 aromatic rings. The number of ether oxygens (including phenoxy) is 3. The van der Waals surface area contributed by atoms with E-state index >= 15 is 0 Å². The van der Waals surface area contributed by atoms with Crippen LogP contribution in [0.1, 0.15) is 37.5 Å². The van der Waals surface area contributed by atoms with Gasteiger partial charge in [0, 0.05) is 25.3 Å². The first-order valence-electron chi connectivity index (χ1n) is 9.33. The second-order valence-corrected chi connectivity index (χ2v) is 7.82. The lowest BCUT2D eigenvalue weighted by molar-refractivity contribution is -0.308. The van der Waals surface area contributed by atoms with Crippen molar-refractivity contribution in [2.75, 3.05) is 19.1 Å². The summed E-state index contributed by atoms with van der Waals surface area (Å²) < 4.78 is 17.2. The molecular weight excluding hydrogens is 370 g/mol. The number of carbonyl (C=O) groups is 1. The molecule has 3 rings (SSSR count). The van der Waals surface area contributed by atoms with Crippen molar-refractivity contribution < 1.29 is 24.1 Å². The van der Waals surface area contributed by atoms with Gasteiger partial charge < -0.3 is 19.3 Å². The monoisotopic (exact) mass is 397 g/mol. The molecule has 6 nitrogen and oxygen atoms in total. The minimum absolute atomic E-state index is 0.403. The van der Waals surface area contributed by atoms with Gasteiger partial charge in [-0.05, 0) is 32.4 Å². The molecule has 0 aromatic heterocycles. The van der Waals surface area contributed by atoms with Crippen LogP contribution >= 0.6 is 0 Å². The number of rotatable bonds is 4. The molecule has 1 aliphatic heterocycles. The van der Waals surface area contributed by atoms with E-state index in [2.05, 4.69) is 6.58 Å². The van der Waals surface area contributed by atoms with E-state index in [0.717, 1.165) is 0 Å². The highest BCUT2D eigenvalue weighted by molar-refractivity contribution is 5.94. The van der Waals surface area contributed by atoms with Gasteiger partial charge in [-0.1, -0.05) is 55.1 Å². The van der Waals surface area contributed by atoms with Gasteiger partial charge in [-0.25, -0.2) is 9.69 Å². The molecule has 1 atom stereocenters. The van der Waals surface area contributed by atoms with Gasteiger partial charge in [0.1, 0.15) is 5.60 Å². The summed E-state index contributed by atoms with van der Waals surface area (Å²) in [4.78, 5) is 14.5. The zero-order valence-corrected chi connectivity index (χ0v) is 17.4. The van der Waals surface area contributed by atoms with E-state index in [-0.39, 0.29) is 0 Å². The summed E-state index contributed by atoms with van der Waals surface area (Å²) in [5.41, 5.74) is -0.830. The maximum absolute atomic E-state index is 13.3. The van der Waals surface area contributed by atoms with Crippen LogP contribution in [0, 0.1) is 0 Å². The first-order valence-corrected chi connectivity index (χ1v) is 9.33. The van der Waals surface area contributed by atoms with Crippen LogP contribution in [-0.2, 0) is 25.7 Å². The Bertz CT molecular complexity index is 929. The average molecular weight is 397 g/mol. The highest BCUT2D eigenvalue weighted by Crippen LogP contribution is 2.57. The highest BCUT2D eigenvalue weighted by atomic mass is 16.7. The largest absolute Gasteiger partial charge is 0.443 e. The normalized spacial score (nSPS) is 20.3. The Labute approximate surface area is 171 Å². The molecule has 0 fully saturated rings. The summed E-state index contributed by atoms with van der Waals surface area (Å²) >= 11 is 0. The molecule has 1 heterocycles. The topological polar surface area (TPSA) is 68.2 Å². The summed E-state index contributed by atoms with van der Waals surface area (Å²) in [6.45, 7) is 9.15. The fourth-order valence-electron chi connectivity index (χ4n) is 3.87. The number of hydrogen-bond donors (Lipinski definition) is 1. The van der Waals surface area contributed by atoms with Crippen LogP contribution in [0.5, 0.6) is 0 Å². The number of carbonyl (C=O) groups excluding carboxylic acids is 1. The Balaban J connectivity index is 2.37. The smallest absolute Gasteiger partial charge is 0.417 e. The van der Waals surface area contributed by atoms with Crippen LogP contribution in [0.25, 0.3) is 6.08 Å². The zero-order chi connectivity index (χ0) is 21.4. The molecule has 1 N–H and O–H groups in total. The Kier molecular flexibility index (Phi) is 5.30. The molecular formula is C23H27NO5. The lowest BCUT2D eigenvalue weighted by atomic mass is 9.88. The van der Waals surface area contributed by atoms with E-state index in [9.17, 15) is 9.90 Å². The lowest BCUT2D eigenvalue weighted by Crippen LogP contribution is -2.60. The summed E-state index contributed by atoms with van der Waals surface area (Å²) in [6.07, 6.45) is 0.891. The van der Waals surface area contributed by atoms with E-state index in [1.807, 2.05) is 6.07 Å². The lowest BCUT2D eigenvalue weighted by Gasteiger charge is -2.44. The Hall–Kier alpha value is -2.67. The van der Waals surface area contributed by atoms with Gasteiger partial charge in [0.2, 0.25) is 5.72 Å². The molecule has 0 radical (unpaired) electrons. The number of aliphatic hydroxyl groups is 1. The predicted octanol–water partition coefficient (Wildman–Crippen LogP) is 4.38. The van der Waals surface area contributed by atoms with E-state index < -0.39 is 23.2 Å². The maximum atomic E-state index is 13.3. The summed E-state index contributed by atoms with van der Waals surface area (Å²) in [5.74, 6) is -1.68. The van der Waals surface area contributed by atoms with Crippen molar-refractivity contribution in [2.45, 2.75) is 37.9 Å². The molecule has 0 aliphatic carbocycles. The van der Waals surface area contributed by atoms with Gasteiger partial charge in [0.25, 0.3) is 5.79 Å². The number of nitrogens with zero attached hydrogens (tertiary/aromatic N) is 1. The predicted molar refractivity (Wildman–Crippen MR) is 111 cm³/mol. The third kappa shape index (κ3) is 3.04. The van der Waals surface area contributed by atoms with Crippen molar-refractivity contribution in [3.8, 4) is 0 Å². The average Bonchev–Trinajstić information content (AvgIpc) is 2.92.